The molecule has 1 saturated heterocycles. The van der Waals surface area contributed by atoms with Gasteiger partial charge in [-0.2, -0.15) is 4.98 Å². The average molecular weight is 662 g/mol. The molecule has 4 N–H and O–H groups in total. The summed E-state index contributed by atoms with van der Waals surface area (Å²) in [7, 11) is -0.294. The number of ether oxygens (including phenoxy) is 1. The fourth-order valence-electron chi connectivity index (χ4n) is 6.81. The van der Waals surface area contributed by atoms with Crippen LogP contribution in [-0.2, 0) is 9.53 Å². The molecule has 254 valence electrons. The predicted octanol–water partition coefficient (Wildman–Crippen LogP) is 5.11. The Bertz CT molecular complexity index is 1620. The molecule has 0 spiro atoms. The molecule has 3 aromatic rings. The number of nitrogens with one attached hydrogen (secondary N) is 3. The summed E-state index contributed by atoms with van der Waals surface area (Å²) in [6.07, 6.45) is 2.31. The SMILES string of the molecule is COCCN1CCN(c2ccc(Nc3ncc4c(C#C[Si](C(C)C)(C(C)C)C(C)C)cc(=O)[nH]c4n3)cc2NC(=O)CCCO)CC1. The summed E-state index contributed by atoms with van der Waals surface area (Å²) in [5, 5.41) is 16.2. The van der Waals surface area contributed by atoms with Gasteiger partial charge >= 0.3 is 0 Å². The molecular formula is C35H51N7O4Si. The van der Waals surface area contributed by atoms with Crippen LogP contribution in [0.5, 0.6) is 0 Å². The third-order valence-electron chi connectivity index (χ3n) is 9.29. The number of pyridine rings is 1. The Labute approximate surface area is 279 Å². The van der Waals surface area contributed by atoms with E-state index in [1.165, 1.54) is 6.07 Å². The molecule has 3 heterocycles. The van der Waals surface area contributed by atoms with Crippen molar-refractivity contribution in [2.75, 3.05) is 68.6 Å². The highest BCUT2D eigenvalue weighted by molar-refractivity contribution is 6.90. The van der Waals surface area contributed by atoms with E-state index in [1.54, 1.807) is 13.3 Å². The van der Waals surface area contributed by atoms with Crippen LogP contribution in [0, 0.1) is 11.5 Å². The Morgan fingerprint density at radius 1 is 1.09 bits per heavy atom. The van der Waals surface area contributed by atoms with Crippen LogP contribution in [0.3, 0.4) is 0 Å². The summed E-state index contributed by atoms with van der Waals surface area (Å²) in [5.41, 5.74) is 8.17. The number of piperazine rings is 1. The van der Waals surface area contributed by atoms with E-state index in [2.05, 4.69) is 88.4 Å². The molecule has 0 atom stereocenters. The van der Waals surface area contributed by atoms with E-state index in [1.807, 2.05) is 18.2 Å². The first-order valence-corrected chi connectivity index (χ1v) is 18.9. The van der Waals surface area contributed by atoms with Gasteiger partial charge in [-0.3, -0.25) is 14.5 Å². The summed E-state index contributed by atoms with van der Waals surface area (Å²) in [6.45, 7) is 18.6. The van der Waals surface area contributed by atoms with Crippen molar-refractivity contribution in [1.82, 2.24) is 19.9 Å². The Morgan fingerprint density at radius 3 is 2.43 bits per heavy atom. The number of nitrogens with zero attached hydrogens (tertiary/aromatic N) is 4. The van der Waals surface area contributed by atoms with Crippen molar-refractivity contribution in [3.63, 3.8) is 0 Å². The largest absolute Gasteiger partial charge is 0.396 e. The number of aromatic nitrogens is 3. The number of benzene rings is 1. The summed E-state index contributed by atoms with van der Waals surface area (Å²) < 4.78 is 5.23. The second-order valence-corrected chi connectivity index (χ2v) is 18.8. The van der Waals surface area contributed by atoms with Gasteiger partial charge < -0.3 is 30.4 Å². The van der Waals surface area contributed by atoms with Gasteiger partial charge in [-0.05, 0) is 41.2 Å². The van der Waals surface area contributed by atoms with Gasteiger partial charge in [0.15, 0.2) is 0 Å². The number of amides is 1. The number of carbonyl (C=O) groups excluding carboxylic acids is 1. The van der Waals surface area contributed by atoms with Crippen LogP contribution in [0.25, 0.3) is 11.0 Å². The lowest BCUT2D eigenvalue weighted by atomic mass is 10.1. The van der Waals surface area contributed by atoms with E-state index in [9.17, 15) is 14.7 Å². The smallest absolute Gasteiger partial charge is 0.250 e. The molecule has 0 saturated carbocycles. The molecule has 1 amide bonds. The number of aliphatic hydroxyl groups excluding tert-OH is 1. The Balaban J connectivity index is 1.63. The molecule has 0 aliphatic carbocycles. The topological polar surface area (TPSA) is 136 Å². The third-order valence-corrected chi connectivity index (χ3v) is 15.6. The summed E-state index contributed by atoms with van der Waals surface area (Å²) in [4.78, 5) is 42.2. The third kappa shape index (κ3) is 8.78. The zero-order valence-corrected chi connectivity index (χ0v) is 29.9. The summed E-state index contributed by atoms with van der Waals surface area (Å²) in [5.74, 6) is 3.54. The highest BCUT2D eigenvalue weighted by atomic mass is 28.3. The summed E-state index contributed by atoms with van der Waals surface area (Å²) >= 11 is 0. The van der Waals surface area contributed by atoms with Crippen molar-refractivity contribution in [2.45, 2.75) is 71.0 Å². The number of hydrogen-bond donors (Lipinski definition) is 4. The van der Waals surface area contributed by atoms with Gasteiger partial charge in [0.1, 0.15) is 13.7 Å². The number of hydrogen-bond acceptors (Lipinski definition) is 9. The number of rotatable bonds is 13. The molecule has 2 aromatic heterocycles. The minimum absolute atomic E-state index is 0.0456. The van der Waals surface area contributed by atoms with Crippen molar-refractivity contribution in [3.8, 4) is 11.5 Å². The first-order chi connectivity index (χ1) is 22.5. The van der Waals surface area contributed by atoms with E-state index in [4.69, 9.17) is 4.74 Å². The number of carbonyl (C=O) groups is 1. The highest BCUT2D eigenvalue weighted by Gasteiger charge is 2.41. The molecule has 12 heteroatoms. The van der Waals surface area contributed by atoms with E-state index in [0.717, 1.165) is 38.4 Å². The fourth-order valence-corrected chi connectivity index (χ4v) is 12.0. The Morgan fingerprint density at radius 2 is 1.79 bits per heavy atom. The van der Waals surface area contributed by atoms with Gasteiger partial charge in [0.2, 0.25) is 11.9 Å². The maximum Gasteiger partial charge on any atom is 0.250 e. The molecule has 11 nitrogen and oxygen atoms in total. The fraction of sp³-hybridized carbons (Fsp3) is 0.543. The molecule has 0 unspecified atom stereocenters. The van der Waals surface area contributed by atoms with Crippen molar-refractivity contribution < 1.29 is 14.6 Å². The second kappa shape index (κ2) is 16.4. The van der Waals surface area contributed by atoms with Gasteiger partial charge in [-0.25, -0.2) is 4.98 Å². The molecule has 0 bridgehead atoms. The average Bonchev–Trinajstić information content (AvgIpc) is 3.02. The molecule has 0 radical (unpaired) electrons. The van der Waals surface area contributed by atoms with Gasteiger partial charge in [0, 0.05) is 76.4 Å². The maximum absolute atomic E-state index is 12.7. The normalized spacial score (nSPS) is 14.1. The number of aromatic amines is 1. The maximum atomic E-state index is 12.7. The van der Waals surface area contributed by atoms with Crippen molar-refractivity contribution >= 4 is 48.0 Å². The lowest BCUT2D eigenvalue weighted by molar-refractivity contribution is -0.116. The number of fused-ring (bicyclic) bond motifs is 1. The summed E-state index contributed by atoms with van der Waals surface area (Å²) in [6, 6.07) is 7.32. The van der Waals surface area contributed by atoms with Crippen molar-refractivity contribution in [1.29, 1.82) is 0 Å². The molecule has 1 aliphatic heterocycles. The van der Waals surface area contributed by atoms with Crippen molar-refractivity contribution in [2.24, 2.45) is 0 Å². The van der Waals surface area contributed by atoms with E-state index < -0.39 is 8.07 Å². The number of methoxy groups -OCH3 is 1. The molecule has 1 aliphatic rings. The second-order valence-electron chi connectivity index (χ2n) is 13.2. The van der Waals surface area contributed by atoms with Crippen LogP contribution in [0.2, 0.25) is 16.6 Å². The Hall–Kier alpha value is -3.76. The van der Waals surface area contributed by atoms with E-state index in [0.29, 0.717) is 63.6 Å². The van der Waals surface area contributed by atoms with Gasteiger partial charge in [0.25, 0.3) is 5.56 Å². The number of H-pyrrole nitrogens is 1. The first kappa shape index (κ1) is 36.1. The minimum Gasteiger partial charge on any atom is -0.396 e. The lowest BCUT2D eigenvalue weighted by Gasteiger charge is -2.38. The van der Waals surface area contributed by atoms with Crippen LogP contribution in [0.15, 0.2) is 35.3 Å². The van der Waals surface area contributed by atoms with Gasteiger partial charge in [-0.1, -0.05) is 47.5 Å². The number of anilines is 4. The van der Waals surface area contributed by atoms with E-state index in [-0.39, 0.29) is 24.5 Å². The lowest BCUT2D eigenvalue weighted by Crippen LogP contribution is -2.47. The Kier molecular flexibility index (Phi) is 12.6. The van der Waals surface area contributed by atoms with Crippen LogP contribution < -0.4 is 21.1 Å². The van der Waals surface area contributed by atoms with Crippen LogP contribution in [0.4, 0.5) is 23.0 Å². The first-order valence-electron chi connectivity index (χ1n) is 16.7. The molecule has 4 rings (SSSR count). The molecule has 1 aromatic carbocycles. The molecule has 47 heavy (non-hydrogen) atoms. The standard InChI is InChI=1S/C35H51N7O4Si/c1-24(2)47(25(3)4,26(5)6)20-12-27-21-33(45)39-34-29(27)23-36-35(40-34)37-28-10-11-31(30(22-28)38-32(44)9-8-18-43)42-15-13-41(14-16-42)17-19-46-7/h10-11,21-26,43H,8-9,13-19H2,1-7H3,(H,38,44)(H2,36,37,39,40,45). The van der Waals surface area contributed by atoms with Crippen molar-refractivity contribution in [3.05, 3.63) is 46.4 Å². The highest BCUT2D eigenvalue weighted by Crippen LogP contribution is 2.41. The monoisotopic (exact) mass is 661 g/mol. The molecule has 1 fully saturated rings. The van der Waals surface area contributed by atoms with Gasteiger partial charge in [-0.15, -0.1) is 5.54 Å². The zero-order valence-electron chi connectivity index (χ0n) is 28.9. The minimum atomic E-state index is -2.01. The van der Waals surface area contributed by atoms with Crippen LogP contribution >= 0.6 is 0 Å². The number of aliphatic hydroxyl groups is 1. The predicted molar refractivity (Wildman–Crippen MR) is 193 cm³/mol. The van der Waals surface area contributed by atoms with E-state index >= 15 is 0 Å². The quantitative estimate of drug-likeness (QED) is 0.146. The molecular weight excluding hydrogens is 611 g/mol. The zero-order chi connectivity index (χ0) is 34.1. The van der Waals surface area contributed by atoms with Gasteiger partial charge in [0.05, 0.1) is 23.4 Å². The van der Waals surface area contributed by atoms with Crippen LogP contribution in [-0.4, -0.2) is 92.0 Å². The van der Waals surface area contributed by atoms with Crippen LogP contribution in [0.1, 0.15) is 59.9 Å².